The third-order valence-electron chi connectivity index (χ3n) is 2.60. The first-order valence-corrected chi connectivity index (χ1v) is 7.79. The van der Waals surface area contributed by atoms with Crippen LogP contribution in [0.1, 0.15) is 13.8 Å². The van der Waals surface area contributed by atoms with Crippen LogP contribution in [0, 0.1) is 11.7 Å². The smallest absolute Gasteiger partial charge is 0.262 e. The van der Waals surface area contributed by atoms with Gasteiger partial charge in [-0.1, -0.05) is 13.8 Å². The Labute approximate surface area is 122 Å². The topological polar surface area (TPSA) is 84.2 Å². The fourth-order valence-electron chi connectivity index (χ4n) is 1.81. The van der Waals surface area contributed by atoms with Crippen LogP contribution < -0.4 is 4.72 Å². The highest BCUT2D eigenvalue weighted by molar-refractivity contribution is 7.92. The normalized spacial score (nSPS) is 11.8. The van der Waals surface area contributed by atoms with Crippen molar-refractivity contribution in [1.82, 2.24) is 9.78 Å². The summed E-state index contributed by atoms with van der Waals surface area (Å²) in [6.07, 6.45) is 2.93. The van der Waals surface area contributed by atoms with Gasteiger partial charge in [-0.15, -0.1) is 0 Å². The van der Waals surface area contributed by atoms with E-state index in [1.54, 1.807) is 10.9 Å². The molecule has 0 aliphatic rings. The Morgan fingerprint density at radius 3 is 2.71 bits per heavy atom. The Kier molecular flexibility index (Phi) is 4.17. The van der Waals surface area contributed by atoms with Gasteiger partial charge in [0.2, 0.25) is 0 Å². The lowest BCUT2D eigenvalue weighted by molar-refractivity contribution is 0.466. The summed E-state index contributed by atoms with van der Waals surface area (Å²) < 4.78 is 41.3. The third kappa shape index (κ3) is 3.94. The lowest BCUT2D eigenvalue weighted by Gasteiger charge is -2.07. The van der Waals surface area contributed by atoms with Crippen LogP contribution in [0.3, 0.4) is 0 Å². The highest BCUT2D eigenvalue weighted by atomic mass is 32.2. The molecule has 0 radical (unpaired) electrons. The number of aromatic nitrogens is 2. The van der Waals surface area contributed by atoms with Gasteiger partial charge < -0.3 is 5.11 Å². The predicted molar refractivity (Wildman–Crippen MR) is 75.9 cm³/mol. The molecule has 114 valence electrons. The standard InChI is InChI=1S/C13H16FN3O3S/c1-9(2)7-17-8-11(6-15-17)16-21(19,20)13-4-10(14)3-12(18)5-13/h3-6,8-9,16,18H,7H2,1-2H3. The lowest BCUT2D eigenvalue weighted by atomic mass is 10.2. The number of nitrogens with zero attached hydrogens (tertiary/aromatic N) is 2. The molecule has 0 spiro atoms. The minimum atomic E-state index is -3.98. The molecule has 0 bridgehead atoms. The van der Waals surface area contributed by atoms with Crippen LogP contribution in [0.2, 0.25) is 0 Å². The lowest BCUT2D eigenvalue weighted by Crippen LogP contribution is -2.13. The van der Waals surface area contributed by atoms with Gasteiger partial charge in [-0.25, -0.2) is 12.8 Å². The largest absolute Gasteiger partial charge is 0.508 e. The molecule has 21 heavy (non-hydrogen) atoms. The zero-order valence-corrected chi connectivity index (χ0v) is 12.4. The zero-order chi connectivity index (χ0) is 15.6. The number of hydrogen-bond acceptors (Lipinski definition) is 4. The average molecular weight is 313 g/mol. The Hall–Kier alpha value is -2.09. The van der Waals surface area contributed by atoms with Crippen LogP contribution in [0.5, 0.6) is 5.75 Å². The van der Waals surface area contributed by atoms with Crippen LogP contribution in [0.15, 0.2) is 35.5 Å². The number of rotatable bonds is 5. The number of phenolic OH excluding ortho intramolecular Hbond substituents is 1. The maximum Gasteiger partial charge on any atom is 0.262 e. The fraction of sp³-hybridized carbons (Fsp3) is 0.308. The van der Waals surface area contributed by atoms with Crippen LogP contribution in [-0.4, -0.2) is 23.3 Å². The van der Waals surface area contributed by atoms with Gasteiger partial charge in [0.15, 0.2) is 0 Å². The molecule has 0 saturated carbocycles. The predicted octanol–water partition coefficient (Wildman–Crippen LogP) is 2.18. The Morgan fingerprint density at radius 1 is 1.38 bits per heavy atom. The summed E-state index contributed by atoms with van der Waals surface area (Å²) in [6, 6.07) is 2.64. The molecule has 0 atom stereocenters. The SMILES string of the molecule is CC(C)Cn1cc(NS(=O)(=O)c2cc(O)cc(F)c2)cn1. The summed E-state index contributed by atoms with van der Waals surface area (Å²) in [5.74, 6) is -0.911. The Balaban J connectivity index is 2.22. The van der Waals surface area contributed by atoms with E-state index >= 15 is 0 Å². The molecule has 6 nitrogen and oxygen atoms in total. The first kappa shape index (κ1) is 15.3. The first-order valence-electron chi connectivity index (χ1n) is 6.31. The molecular weight excluding hydrogens is 297 g/mol. The van der Waals surface area contributed by atoms with Gasteiger partial charge in [0.1, 0.15) is 11.6 Å². The molecule has 1 aromatic carbocycles. The van der Waals surface area contributed by atoms with Crippen molar-refractivity contribution in [1.29, 1.82) is 0 Å². The van der Waals surface area contributed by atoms with Crippen molar-refractivity contribution in [3.63, 3.8) is 0 Å². The molecular formula is C13H16FN3O3S. The number of phenols is 1. The van der Waals surface area contributed by atoms with E-state index in [1.165, 1.54) is 6.20 Å². The van der Waals surface area contributed by atoms with E-state index in [-0.39, 0.29) is 10.6 Å². The van der Waals surface area contributed by atoms with E-state index in [0.717, 1.165) is 18.2 Å². The summed E-state index contributed by atoms with van der Waals surface area (Å²) in [7, 11) is -3.98. The second kappa shape index (κ2) is 5.72. The summed E-state index contributed by atoms with van der Waals surface area (Å²) >= 11 is 0. The molecule has 1 aromatic heterocycles. The van der Waals surface area contributed by atoms with Crippen LogP contribution >= 0.6 is 0 Å². The highest BCUT2D eigenvalue weighted by Crippen LogP contribution is 2.21. The minimum absolute atomic E-state index is 0.277. The van der Waals surface area contributed by atoms with Gasteiger partial charge in [0.25, 0.3) is 10.0 Å². The maximum atomic E-state index is 13.2. The summed E-state index contributed by atoms with van der Waals surface area (Å²) in [5, 5.41) is 13.3. The van der Waals surface area contributed by atoms with Gasteiger partial charge in [-0.2, -0.15) is 5.10 Å². The molecule has 2 aromatic rings. The number of benzene rings is 1. The molecule has 0 unspecified atom stereocenters. The van der Waals surface area contributed by atoms with Crippen LogP contribution in [0.25, 0.3) is 0 Å². The molecule has 8 heteroatoms. The number of aromatic hydroxyl groups is 1. The van der Waals surface area contributed by atoms with E-state index in [0.29, 0.717) is 12.5 Å². The molecule has 0 aliphatic heterocycles. The van der Waals surface area contributed by atoms with E-state index in [2.05, 4.69) is 9.82 Å². The van der Waals surface area contributed by atoms with Crippen molar-refractivity contribution in [3.05, 3.63) is 36.4 Å². The highest BCUT2D eigenvalue weighted by Gasteiger charge is 2.17. The molecule has 2 rings (SSSR count). The van der Waals surface area contributed by atoms with E-state index in [1.807, 2.05) is 13.8 Å². The van der Waals surface area contributed by atoms with Crippen molar-refractivity contribution in [3.8, 4) is 5.75 Å². The number of halogens is 1. The second-order valence-electron chi connectivity index (χ2n) is 5.10. The van der Waals surface area contributed by atoms with Crippen LogP contribution in [0.4, 0.5) is 10.1 Å². The van der Waals surface area contributed by atoms with Crippen molar-refractivity contribution < 1.29 is 17.9 Å². The first-order chi connectivity index (χ1) is 9.76. The average Bonchev–Trinajstić information content (AvgIpc) is 2.73. The third-order valence-corrected chi connectivity index (χ3v) is 3.96. The quantitative estimate of drug-likeness (QED) is 0.886. The van der Waals surface area contributed by atoms with Gasteiger partial charge in [0.05, 0.1) is 16.8 Å². The van der Waals surface area contributed by atoms with Crippen molar-refractivity contribution >= 4 is 15.7 Å². The number of nitrogens with one attached hydrogen (secondary N) is 1. The van der Waals surface area contributed by atoms with E-state index < -0.39 is 21.6 Å². The molecule has 2 N–H and O–H groups in total. The van der Waals surface area contributed by atoms with Gasteiger partial charge >= 0.3 is 0 Å². The monoisotopic (exact) mass is 313 g/mol. The van der Waals surface area contributed by atoms with Crippen molar-refractivity contribution in [2.24, 2.45) is 5.92 Å². The molecule has 0 saturated heterocycles. The fourth-order valence-corrected chi connectivity index (χ4v) is 2.88. The second-order valence-corrected chi connectivity index (χ2v) is 6.78. The molecule has 0 fully saturated rings. The zero-order valence-electron chi connectivity index (χ0n) is 11.6. The molecule has 1 heterocycles. The summed E-state index contributed by atoms with van der Waals surface area (Å²) in [4.78, 5) is -0.350. The molecule has 0 amide bonds. The summed E-state index contributed by atoms with van der Waals surface area (Å²) in [6.45, 7) is 4.69. The van der Waals surface area contributed by atoms with Gasteiger partial charge in [-0.05, 0) is 12.0 Å². The van der Waals surface area contributed by atoms with Gasteiger partial charge in [0, 0.05) is 24.9 Å². The Bertz CT molecular complexity index is 721. The van der Waals surface area contributed by atoms with Crippen molar-refractivity contribution in [2.45, 2.75) is 25.3 Å². The molecule has 0 aliphatic carbocycles. The Morgan fingerprint density at radius 2 is 2.10 bits per heavy atom. The van der Waals surface area contributed by atoms with E-state index in [4.69, 9.17) is 0 Å². The van der Waals surface area contributed by atoms with E-state index in [9.17, 15) is 17.9 Å². The summed E-state index contributed by atoms with van der Waals surface area (Å²) in [5.41, 5.74) is 0.277. The van der Waals surface area contributed by atoms with Crippen molar-refractivity contribution in [2.75, 3.05) is 4.72 Å². The number of hydrogen-bond donors (Lipinski definition) is 2. The minimum Gasteiger partial charge on any atom is -0.508 e. The maximum absolute atomic E-state index is 13.2. The van der Waals surface area contributed by atoms with Crippen LogP contribution in [-0.2, 0) is 16.6 Å². The number of sulfonamides is 1. The van der Waals surface area contributed by atoms with Gasteiger partial charge in [-0.3, -0.25) is 9.40 Å². The number of anilines is 1.